The number of ether oxygens (including phenoxy) is 1. The summed E-state index contributed by atoms with van der Waals surface area (Å²) >= 11 is 1.69. The first-order valence-electron chi connectivity index (χ1n) is 7.88. The molecule has 124 valence electrons. The van der Waals surface area contributed by atoms with Crippen LogP contribution in [0.25, 0.3) is 0 Å². The molecule has 3 rings (SSSR count). The van der Waals surface area contributed by atoms with Crippen LogP contribution < -0.4 is 4.74 Å². The number of nitrogens with zero attached hydrogens (tertiary/aromatic N) is 3. The molecular weight excluding hydrogens is 318 g/mol. The zero-order valence-corrected chi connectivity index (χ0v) is 15.0. The number of aryl methyl sites for hydroxylation is 2. The first-order valence-corrected chi connectivity index (χ1v) is 8.86. The number of thioether (sulfide) groups is 1. The van der Waals surface area contributed by atoms with E-state index in [-0.39, 0.29) is 0 Å². The highest BCUT2D eigenvalue weighted by molar-refractivity contribution is 7.98. The van der Waals surface area contributed by atoms with Crippen molar-refractivity contribution in [2.45, 2.75) is 31.4 Å². The molecule has 0 unspecified atom stereocenters. The molecule has 0 saturated carbocycles. The summed E-state index contributed by atoms with van der Waals surface area (Å²) < 4.78 is 7.81. The Morgan fingerprint density at radius 2 is 1.75 bits per heavy atom. The highest BCUT2D eigenvalue weighted by Gasteiger charge is 2.10. The molecule has 0 fully saturated rings. The zero-order chi connectivity index (χ0) is 16.9. The third-order valence-electron chi connectivity index (χ3n) is 3.73. The quantitative estimate of drug-likeness (QED) is 0.628. The van der Waals surface area contributed by atoms with E-state index in [0.29, 0.717) is 6.61 Å². The zero-order valence-electron chi connectivity index (χ0n) is 14.2. The van der Waals surface area contributed by atoms with Crippen molar-refractivity contribution in [2.75, 3.05) is 0 Å². The average molecular weight is 339 g/mol. The molecule has 1 heterocycles. The van der Waals surface area contributed by atoms with Gasteiger partial charge < -0.3 is 9.30 Å². The van der Waals surface area contributed by atoms with Crippen molar-refractivity contribution in [1.82, 2.24) is 14.8 Å². The number of hydrogen-bond acceptors (Lipinski definition) is 4. The van der Waals surface area contributed by atoms with Crippen LogP contribution in [0.15, 0.2) is 53.7 Å². The van der Waals surface area contributed by atoms with Crippen LogP contribution in [0.2, 0.25) is 0 Å². The van der Waals surface area contributed by atoms with Crippen molar-refractivity contribution in [3.05, 3.63) is 71.0 Å². The summed E-state index contributed by atoms with van der Waals surface area (Å²) in [5, 5.41) is 9.43. The fourth-order valence-electron chi connectivity index (χ4n) is 2.40. The van der Waals surface area contributed by atoms with E-state index in [1.807, 2.05) is 29.8 Å². The maximum atomic E-state index is 5.81. The Morgan fingerprint density at radius 1 is 1.00 bits per heavy atom. The van der Waals surface area contributed by atoms with Gasteiger partial charge >= 0.3 is 0 Å². The third kappa shape index (κ3) is 4.17. The highest BCUT2D eigenvalue weighted by atomic mass is 32.2. The summed E-state index contributed by atoms with van der Waals surface area (Å²) in [5.74, 6) is 2.56. The lowest BCUT2D eigenvalue weighted by atomic mass is 10.2. The molecule has 0 aliphatic carbocycles. The molecule has 0 radical (unpaired) electrons. The second-order valence-electron chi connectivity index (χ2n) is 5.84. The van der Waals surface area contributed by atoms with Gasteiger partial charge in [-0.1, -0.05) is 53.7 Å². The van der Waals surface area contributed by atoms with Crippen molar-refractivity contribution in [1.29, 1.82) is 0 Å². The van der Waals surface area contributed by atoms with Crippen molar-refractivity contribution in [3.8, 4) is 5.75 Å². The van der Waals surface area contributed by atoms with Gasteiger partial charge in [0.25, 0.3) is 0 Å². The molecule has 24 heavy (non-hydrogen) atoms. The highest BCUT2D eigenvalue weighted by Crippen LogP contribution is 2.22. The monoisotopic (exact) mass is 339 g/mol. The van der Waals surface area contributed by atoms with Gasteiger partial charge in [0.15, 0.2) is 11.0 Å². The lowest BCUT2D eigenvalue weighted by Gasteiger charge is -2.07. The van der Waals surface area contributed by atoms with E-state index in [1.165, 1.54) is 16.7 Å². The van der Waals surface area contributed by atoms with Crippen LogP contribution in [0, 0.1) is 13.8 Å². The second-order valence-corrected chi connectivity index (χ2v) is 6.78. The van der Waals surface area contributed by atoms with E-state index >= 15 is 0 Å². The Labute approximate surface area is 146 Å². The molecular formula is C19H21N3OS. The number of hydrogen-bond donors (Lipinski definition) is 0. The summed E-state index contributed by atoms with van der Waals surface area (Å²) in [4.78, 5) is 0. The molecule has 0 N–H and O–H groups in total. The molecule has 1 aromatic heterocycles. The lowest BCUT2D eigenvalue weighted by Crippen LogP contribution is -2.04. The summed E-state index contributed by atoms with van der Waals surface area (Å²) in [6.07, 6.45) is 0. The van der Waals surface area contributed by atoms with Gasteiger partial charge in [-0.3, -0.25) is 0 Å². The Morgan fingerprint density at radius 3 is 2.50 bits per heavy atom. The van der Waals surface area contributed by atoms with Crippen LogP contribution in [-0.2, 0) is 19.4 Å². The Hall–Kier alpha value is -2.27. The molecule has 2 aromatic carbocycles. The van der Waals surface area contributed by atoms with Crippen LogP contribution >= 0.6 is 11.8 Å². The van der Waals surface area contributed by atoms with Crippen LogP contribution in [-0.4, -0.2) is 14.8 Å². The van der Waals surface area contributed by atoms with Gasteiger partial charge in [0.05, 0.1) is 0 Å². The molecule has 0 amide bonds. The van der Waals surface area contributed by atoms with E-state index in [9.17, 15) is 0 Å². The van der Waals surface area contributed by atoms with Gasteiger partial charge in [-0.25, -0.2) is 0 Å². The van der Waals surface area contributed by atoms with E-state index in [0.717, 1.165) is 22.5 Å². The maximum absolute atomic E-state index is 5.81. The van der Waals surface area contributed by atoms with Crippen LogP contribution in [0.4, 0.5) is 0 Å². The van der Waals surface area contributed by atoms with Gasteiger partial charge in [-0.2, -0.15) is 0 Å². The summed E-state index contributed by atoms with van der Waals surface area (Å²) in [7, 11) is 1.98. The number of benzene rings is 2. The Bertz CT molecular complexity index is 762. The lowest BCUT2D eigenvalue weighted by molar-refractivity contribution is 0.290. The van der Waals surface area contributed by atoms with Crippen LogP contribution in [0.3, 0.4) is 0 Å². The molecule has 5 heteroatoms. The van der Waals surface area contributed by atoms with Gasteiger partial charge in [-0.15, -0.1) is 10.2 Å². The van der Waals surface area contributed by atoms with Crippen molar-refractivity contribution in [3.63, 3.8) is 0 Å². The fraction of sp³-hybridized carbons (Fsp3) is 0.263. The average Bonchev–Trinajstić information content (AvgIpc) is 2.91. The molecule has 4 nitrogen and oxygen atoms in total. The van der Waals surface area contributed by atoms with Crippen molar-refractivity contribution < 1.29 is 4.74 Å². The van der Waals surface area contributed by atoms with E-state index < -0.39 is 0 Å². The van der Waals surface area contributed by atoms with Gasteiger partial charge in [-0.05, 0) is 37.1 Å². The van der Waals surface area contributed by atoms with Gasteiger partial charge in [0, 0.05) is 12.8 Å². The first-order chi connectivity index (χ1) is 11.6. The molecule has 0 bridgehead atoms. The Kier molecular flexibility index (Phi) is 5.20. The van der Waals surface area contributed by atoms with Crippen molar-refractivity contribution in [2.24, 2.45) is 7.05 Å². The molecule has 0 atom stereocenters. The van der Waals surface area contributed by atoms with Crippen LogP contribution in [0.5, 0.6) is 5.75 Å². The van der Waals surface area contributed by atoms with E-state index in [1.54, 1.807) is 11.8 Å². The molecule has 0 aliphatic heterocycles. The molecule has 3 aromatic rings. The fourth-order valence-corrected chi connectivity index (χ4v) is 3.27. The normalized spacial score (nSPS) is 10.8. The van der Waals surface area contributed by atoms with E-state index in [2.05, 4.69) is 54.4 Å². The van der Waals surface area contributed by atoms with Crippen LogP contribution in [0.1, 0.15) is 22.5 Å². The van der Waals surface area contributed by atoms with Gasteiger partial charge in [0.1, 0.15) is 12.4 Å². The second kappa shape index (κ2) is 7.53. The summed E-state index contributed by atoms with van der Waals surface area (Å²) in [5.41, 5.74) is 3.75. The Balaban J connectivity index is 1.61. The summed E-state index contributed by atoms with van der Waals surface area (Å²) in [6, 6.07) is 16.5. The maximum Gasteiger partial charge on any atom is 0.191 e. The molecule has 0 aliphatic rings. The topological polar surface area (TPSA) is 39.9 Å². The first kappa shape index (κ1) is 16.6. The number of rotatable bonds is 6. The minimum Gasteiger partial charge on any atom is -0.486 e. The van der Waals surface area contributed by atoms with Crippen molar-refractivity contribution >= 4 is 11.8 Å². The number of aromatic nitrogens is 3. The third-order valence-corrected chi connectivity index (χ3v) is 4.82. The summed E-state index contributed by atoms with van der Waals surface area (Å²) in [6.45, 7) is 4.57. The predicted octanol–water partition coefficient (Wildman–Crippen LogP) is 4.30. The van der Waals surface area contributed by atoms with Gasteiger partial charge in [0.2, 0.25) is 0 Å². The minimum atomic E-state index is 0.415. The van der Waals surface area contributed by atoms with E-state index in [4.69, 9.17) is 4.74 Å². The molecule has 0 saturated heterocycles. The largest absolute Gasteiger partial charge is 0.486 e. The molecule has 0 spiro atoms. The standard InChI is InChI=1S/C19H21N3OS/c1-14-6-4-8-16(10-14)13-24-19-21-20-18(22(19)3)12-23-17-9-5-7-15(2)11-17/h4-11H,12-13H2,1-3H3. The predicted molar refractivity (Wildman–Crippen MR) is 97.3 cm³/mol. The SMILES string of the molecule is Cc1cccc(CSc2nnc(COc3cccc(C)c3)n2C)c1. The minimum absolute atomic E-state index is 0.415. The smallest absolute Gasteiger partial charge is 0.191 e.